The molecule has 1 N–H and O–H groups in total. The maximum Gasteiger partial charge on any atom is 0.375 e. The SMILES string of the molecule is CN(C)Cc1nc(C(=O)O)nn1-c1ccc(Cl)cc1C(=O)c1ccccc1Cl.Cl. The molecule has 1 heterocycles. The quantitative estimate of drug-likeness (QED) is 0.566. The molecule has 0 radical (unpaired) electrons. The zero-order valence-corrected chi connectivity index (χ0v) is 17.8. The van der Waals surface area contributed by atoms with Crippen LogP contribution >= 0.6 is 35.6 Å². The molecule has 7 nitrogen and oxygen atoms in total. The van der Waals surface area contributed by atoms with Gasteiger partial charge in [-0.05, 0) is 44.4 Å². The summed E-state index contributed by atoms with van der Waals surface area (Å²) in [5, 5.41) is 14.0. The number of carboxylic acids is 1. The van der Waals surface area contributed by atoms with Crippen molar-refractivity contribution in [2.45, 2.75) is 6.54 Å². The van der Waals surface area contributed by atoms with Crippen molar-refractivity contribution in [2.24, 2.45) is 0 Å². The summed E-state index contributed by atoms with van der Waals surface area (Å²) in [5.74, 6) is -1.60. The lowest BCUT2D eigenvalue weighted by Gasteiger charge is -2.14. The minimum Gasteiger partial charge on any atom is -0.475 e. The van der Waals surface area contributed by atoms with E-state index in [4.69, 9.17) is 23.2 Å². The standard InChI is InChI=1S/C19H16Cl2N4O3.ClH/c1-24(2)10-16-22-18(19(27)28)23-25(16)15-8-7-11(20)9-13(15)17(26)12-5-3-4-6-14(12)21;/h3-9H,10H2,1-2H3,(H,27,28);1H. The predicted molar refractivity (Wildman–Crippen MR) is 113 cm³/mol. The summed E-state index contributed by atoms with van der Waals surface area (Å²) in [4.78, 5) is 30.4. The highest BCUT2D eigenvalue weighted by Crippen LogP contribution is 2.26. The van der Waals surface area contributed by atoms with Crippen molar-refractivity contribution in [1.82, 2.24) is 19.7 Å². The van der Waals surface area contributed by atoms with Crippen LogP contribution in [0.1, 0.15) is 32.4 Å². The number of hydrogen-bond acceptors (Lipinski definition) is 5. The van der Waals surface area contributed by atoms with Gasteiger partial charge in [-0.1, -0.05) is 35.3 Å². The number of rotatable bonds is 6. The maximum atomic E-state index is 13.2. The number of carbonyl (C=O) groups is 2. The van der Waals surface area contributed by atoms with Gasteiger partial charge in [0, 0.05) is 16.1 Å². The number of halogens is 3. The van der Waals surface area contributed by atoms with Gasteiger partial charge in [0.2, 0.25) is 0 Å². The molecule has 0 bridgehead atoms. The van der Waals surface area contributed by atoms with Crippen LogP contribution in [0.3, 0.4) is 0 Å². The van der Waals surface area contributed by atoms with Gasteiger partial charge < -0.3 is 10.0 Å². The highest BCUT2D eigenvalue weighted by molar-refractivity contribution is 6.35. The maximum absolute atomic E-state index is 13.2. The fourth-order valence-corrected chi connectivity index (χ4v) is 3.07. The number of aromatic carboxylic acids is 1. The molecule has 0 aliphatic rings. The average Bonchev–Trinajstić information content (AvgIpc) is 3.04. The van der Waals surface area contributed by atoms with Crippen LogP contribution in [0, 0.1) is 0 Å². The van der Waals surface area contributed by atoms with Crippen LogP contribution < -0.4 is 0 Å². The Hall–Kier alpha value is -2.45. The zero-order valence-electron chi connectivity index (χ0n) is 15.5. The summed E-state index contributed by atoms with van der Waals surface area (Å²) < 4.78 is 1.35. The van der Waals surface area contributed by atoms with Gasteiger partial charge in [0.25, 0.3) is 5.82 Å². The number of hydrogen-bond donors (Lipinski definition) is 1. The summed E-state index contributed by atoms with van der Waals surface area (Å²) in [6.45, 7) is 0.322. The lowest BCUT2D eigenvalue weighted by atomic mass is 10.0. The van der Waals surface area contributed by atoms with Crippen LogP contribution in [-0.2, 0) is 6.54 Å². The number of aromatic nitrogens is 3. The van der Waals surface area contributed by atoms with Crippen molar-refractivity contribution in [1.29, 1.82) is 0 Å². The van der Waals surface area contributed by atoms with Crippen LogP contribution in [-0.4, -0.2) is 50.6 Å². The van der Waals surface area contributed by atoms with Gasteiger partial charge in [-0.3, -0.25) is 4.79 Å². The van der Waals surface area contributed by atoms with Crippen molar-refractivity contribution in [3.05, 3.63) is 75.3 Å². The predicted octanol–water partition coefficient (Wildman–Crippen LogP) is 3.99. The first-order valence-electron chi connectivity index (χ1n) is 8.21. The van der Waals surface area contributed by atoms with E-state index >= 15 is 0 Å². The van der Waals surface area contributed by atoms with Crippen LogP contribution in [0.25, 0.3) is 5.69 Å². The molecule has 0 unspecified atom stereocenters. The number of ketones is 1. The Morgan fingerprint density at radius 3 is 2.41 bits per heavy atom. The van der Waals surface area contributed by atoms with E-state index in [2.05, 4.69) is 10.1 Å². The van der Waals surface area contributed by atoms with Crippen LogP contribution in [0.4, 0.5) is 0 Å². The van der Waals surface area contributed by atoms with E-state index in [0.717, 1.165) is 0 Å². The lowest BCUT2D eigenvalue weighted by molar-refractivity contribution is 0.0683. The molecule has 0 aliphatic heterocycles. The smallest absolute Gasteiger partial charge is 0.375 e. The van der Waals surface area contributed by atoms with Crippen molar-refractivity contribution >= 4 is 47.4 Å². The van der Waals surface area contributed by atoms with Crippen LogP contribution in [0.15, 0.2) is 42.5 Å². The molecule has 10 heteroatoms. The van der Waals surface area contributed by atoms with Gasteiger partial charge in [0.1, 0.15) is 5.82 Å². The number of carbonyl (C=O) groups excluding carboxylic acids is 1. The van der Waals surface area contributed by atoms with E-state index in [9.17, 15) is 14.7 Å². The molecule has 3 aromatic rings. The van der Waals surface area contributed by atoms with Crippen LogP contribution in [0.2, 0.25) is 10.0 Å². The Bertz CT molecular complexity index is 1070. The Kier molecular flexibility index (Phi) is 7.37. The fourth-order valence-electron chi connectivity index (χ4n) is 2.68. The molecular formula is C19H17Cl3N4O3. The van der Waals surface area contributed by atoms with E-state index in [1.807, 2.05) is 19.0 Å². The van der Waals surface area contributed by atoms with E-state index in [1.54, 1.807) is 36.4 Å². The van der Waals surface area contributed by atoms with Gasteiger partial charge >= 0.3 is 5.97 Å². The summed E-state index contributed by atoms with van der Waals surface area (Å²) in [6.07, 6.45) is 0. The first kappa shape index (κ1) is 22.8. The van der Waals surface area contributed by atoms with E-state index in [1.165, 1.54) is 10.7 Å². The largest absolute Gasteiger partial charge is 0.475 e. The number of carboxylic acid groups (broad SMARTS) is 1. The monoisotopic (exact) mass is 454 g/mol. The molecule has 1 aromatic heterocycles. The normalized spacial score (nSPS) is 10.7. The Balaban J connectivity index is 0.00000300. The molecule has 0 saturated heterocycles. The molecule has 2 aromatic carbocycles. The summed E-state index contributed by atoms with van der Waals surface area (Å²) in [5.41, 5.74) is 0.911. The third-order valence-corrected chi connectivity index (χ3v) is 4.44. The Labute approximate surface area is 183 Å². The topological polar surface area (TPSA) is 88.3 Å². The van der Waals surface area contributed by atoms with Crippen LogP contribution in [0.5, 0.6) is 0 Å². The number of nitrogens with zero attached hydrogens (tertiary/aromatic N) is 4. The molecular weight excluding hydrogens is 439 g/mol. The van der Waals surface area contributed by atoms with Gasteiger partial charge in [-0.15, -0.1) is 17.5 Å². The molecule has 0 amide bonds. The molecule has 0 atom stereocenters. The number of benzene rings is 2. The fraction of sp³-hybridized carbons (Fsp3) is 0.158. The third kappa shape index (κ3) is 4.94. The van der Waals surface area contributed by atoms with Gasteiger partial charge in [0.15, 0.2) is 5.78 Å². The molecule has 0 saturated carbocycles. The highest BCUT2D eigenvalue weighted by atomic mass is 35.5. The molecule has 152 valence electrons. The minimum absolute atomic E-state index is 0. The Morgan fingerprint density at radius 1 is 1.10 bits per heavy atom. The molecule has 0 aliphatic carbocycles. The molecule has 0 spiro atoms. The third-order valence-electron chi connectivity index (χ3n) is 3.87. The highest BCUT2D eigenvalue weighted by Gasteiger charge is 2.23. The molecule has 3 rings (SSSR count). The average molecular weight is 456 g/mol. The zero-order chi connectivity index (χ0) is 20.4. The minimum atomic E-state index is -1.26. The first-order valence-corrected chi connectivity index (χ1v) is 8.96. The van der Waals surface area contributed by atoms with Crippen molar-refractivity contribution in [3.8, 4) is 5.69 Å². The van der Waals surface area contributed by atoms with Gasteiger partial charge in [-0.2, -0.15) is 0 Å². The second-order valence-corrected chi connectivity index (χ2v) is 7.12. The Morgan fingerprint density at radius 2 is 1.79 bits per heavy atom. The second kappa shape index (κ2) is 9.37. The molecule has 0 fully saturated rings. The van der Waals surface area contributed by atoms with Crippen molar-refractivity contribution < 1.29 is 14.7 Å². The van der Waals surface area contributed by atoms with Crippen molar-refractivity contribution in [2.75, 3.05) is 14.1 Å². The summed E-state index contributed by atoms with van der Waals surface area (Å²) in [7, 11) is 3.63. The van der Waals surface area contributed by atoms with Crippen molar-refractivity contribution in [3.63, 3.8) is 0 Å². The first-order chi connectivity index (χ1) is 13.3. The second-order valence-electron chi connectivity index (χ2n) is 6.28. The van der Waals surface area contributed by atoms with Gasteiger partial charge in [0.05, 0.1) is 17.3 Å². The summed E-state index contributed by atoms with van der Waals surface area (Å²) in [6, 6.07) is 11.4. The summed E-state index contributed by atoms with van der Waals surface area (Å²) >= 11 is 12.3. The van der Waals surface area contributed by atoms with Gasteiger partial charge in [-0.25, -0.2) is 14.5 Å². The lowest BCUT2D eigenvalue weighted by Crippen LogP contribution is -2.17. The van der Waals surface area contributed by atoms with E-state index in [-0.39, 0.29) is 29.6 Å². The molecule has 29 heavy (non-hydrogen) atoms. The van der Waals surface area contributed by atoms with E-state index in [0.29, 0.717) is 33.7 Å². The van der Waals surface area contributed by atoms with E-state index < -0.39 is 5.97 Å².